The van der Waals surface area contributed by atoms with Gasteiger partial charge >= 0.3 is 0 Å². The van der Waals surface area contributed by atoms with E-state index in [1.54, 1.807) is 7.11 Å². The summed E-state index contributed by atoms with van der Waals surface area (Å²) in [5.74, 6) is 1.40. The van der Waals surface area contributed by atoms with E-state index in [4.69, 9.17) is 4.74 Å². The smallest absolute Gasteiger partial charge is 0.132 e. The molecule has 1 aliphatic carbocycles. The van der Waals surface area contributed by atoms with Crippen LogP contribution >= 0.6 is 12.4 Å². The number of nitrogens with zero attached hydrogens (tertiary/aromatic N) is 1. The van der Waals surface area contributed by atoms with Gasteiger partial charge in [-0.2, -0.15) is 0 Å². The van der Waals surface area contributed by atoms with E-state index in [9.17, 15) is 4.79 Å². The van der Waals surface area contributed by atoms with Crippen LogP contribution in [0.25, 0.3) is 0 Å². The van der Waals surface area contributed by atoms with Gasteiger partial charge < -0.3 is 9.64 Å². The van der Waals surface area contributed by atoms with Gasteiger partial charge in [0.25, 0.3) is 0 Å². The zero-order valence-electron chi connectivity index (χ0n) is 18.3. The average molecular weight is 408 g/mol. The first kappa shape index (κ1) is 23.2. The second-order valence-electron chi connectivity index (χ2n) is 9.22. The van der Waals surface area contributed by atoms with Gasteiger partial charge in [-0.25, -0.2) is 0 Å². The number of benzene rings is 1. The first-order valence-electron chi connectivity index (χ1n) is 10.7. The quantitative estimate of drug-likeness (QED) is 0.527. The summed E-state index contributed by atoms with van der Waals surface area (Å²) in [6.45, 7) is 8.19. The molecule has 3 atom stereocenters. The van der Waals surface area contributed by atoms with Gasteiger partial charge in [0.1, 0.15) is 11.5 Å². The van der Waals surface area contributed by atoms with E-state index in [1.807, 2.05) is 0 Å². The van der Waals surface area contributed by atoms with Crippen LogP contribution in [0.15, 0.2) is 18.2 Å². The van der Waals surface area contributed by atoms with Crippen LogP contribution in [0.4, 0.5) is 0 Å². The SMILES string of the molecule is CCCCCC(=O)CC[C@]1(C)C2Cc3ccc(OC)cc3[C@@]1(C)CCN2C.Cl. The second kappa shape index (κ2) is 9.17. The number of methoxy groups -OCH3 is 1. The van der Waals surface area contributed by atoms with Gasteiger partial charge in [0.05, 0.1) is 7.11 Å². The summed E-state index contributed by atoms with van der Waals surface area (Å²) in [4.78, 5) is 15.1. The van der Waals surface area contributed by atoms with Crippen molar-refractivity contribution in [1.82, 2.24) is 4.90 Å². The zero-order valence-corrected chi connectivity index (χ0v) is 19.2. The maximum Gasteiger partial charge on any atom is 0.132 e. The highest BCUT2D eigenvalue weighted by molar-refractivity contribution is 5.85. The number of ketones is 1. The zero-order chi connectivity index (χ0) is 19.7. The van der Waals surface area contributed by atoms with E-state index in [2.05, 4.69) is 50.9 Å². The molecular weight excluding hydrogens is 370 g/mol. The molecular formula is C24H38ClNO2. The highest BCUT2D eigenvalue weighted by atomic mass is 35.5. The summed E-state index contributed by atoms with van der Waals surface area (Å²) in [6, 6.07) is 7.12. The predicted octanol–water partition coefficient (Wildman–Crippen LogP) is 5.57. The van der Waals surface area contributed by atoms with Crippen molar-refractivity contribution in [2.75, 3.05) is 20.7 Å². The Morgan fingerprint density at radius 3 is 2.68 bits per heavy atom. The highest BCUT2D eigenvalue weighted by Gasteiger charge is 2.57. The first-order valence-corrected chi connectivity index (χ1v) is 10.7. The molecule has 0 saturated carbocycles. The second-order valence-corrected chi connectivity index (χ2v) is 9.22. The van der Waals surface area contributed by atoms with E-state index in [-0.39, 0.29) is 23.2 Å². The monoisotopic (exact) mass is 407 g/mol. The van der Waals surface area contributed by atoms with Crippen molar-refractivity contribution < 1.29 is 9.53 Å². The Kier molecular flexibility index (Phi) is 7.61. The molecule has 3 nitrogen and oxygen atoms in total. The standard InChI is InChI=1S/C24H37NO2.ClH/c1-6-7-8-9-19(26)12-13-24(3)22-16-18-10-11-20(27-5)17-21(18)23(24,2)14-15-25(22)4;/h10-11,17,22H,6-9,12-16H2,1-5H3;1H/t22?,23-,24-;/m1./s1. The van der Waals surface area contributed by atoms with Gasteiger partial charge in [-0.05, 0) is 68.0 Å². The Morgan fingerprint density at radius 2 is 2.00 bits per heavy atom. The number of likely N-dealkylation sites (tertiary alicyclic amines) is 1. The summed E-state index contributed by atoms with van der Waals surface area (Å²) in [5, 5.41) is 0. The summed E-state index contributed by atoms with van der Waals surface area (Å²) >= 11 is 0. The molecule has 0 aromatic heterocycles. The van der Waals surface area contributed by atoms with E-state index >= 15 is 0 Å². The molecule has 1 saturated heterocycles. The Bertz CT molecular complexity index is 691. The number of halogens is 1. The van der Waals surface area contributed by atoms with Crippen molar-refractivity contribution in [3.8, 4) is 5.75 Å². The number of rotatable bonds is 8. The minimum absolute atomic E-state index is 0. The van der Waals surface area contributed by atoms with Crippen molar-refractivity contribution in [1.29, 1.82) is 0 Å². The molecule has 1 unspecified atom stereocenters. The lowest BCUT2D eigenvalue weighted by atomic mass is 9.49. The number of likely N-dealkylation sites (N-methyl/N-ethyl adjacent to an activating group) is 1. The topological polar surface area (TPSA) is 29.5 Å². The number of hydrogen-bond donors (Lipinski definition) is 0. The lowest BCUT2D eigenvalue weighted by Crippen LogP contribution is -2.64. The van der Waals surface area contributed by atoms with Crippen LogP contribution in [0.1, 0.15) is 76.8 Å². The molecule has 2 bridgehead atoms. The van der Waals surface area contributed by atoms with Crippen LogP contribution in [-0.4, -0.2) is 37.4 Å². The maximum absolute atomic E-state index is 12.5. The van der Waals surface area contributed by atoms with Gasteiger partial charge in [0.15, 0.2) is 0 Å². The molecule has 1 fully saturated rings. The van der Waals surface area contributed by atoms with Gasteiger partial charge in [0, 0.05) is 24.3 Å². The third kappa shape index (κ3) is 3.98. The van der Waals surface area contributed by atoms with Crippen molar-refractivity contribution in [2.24, 2.45) is 5.41 Å². The first-order chi connectivity index (χ1) is 12.9. The molecule has 1 heterocycles. The Morgan fingerprint density at radius 1 is 1.25 bits per heavy atom. The molecule has 1 aliphatic heterocycles. The summed E-state index contributed by atoms with van der Waals surface area (Å²) in [5.41, 5.74) is 3.12. The largest absolute Gasteiger partial charge is 0.497 e. The minimum atomic E-state index is 0. The van der Waals surface area contributed by atoms with E-state index in [0.29, 0.717) is 11.8 Å². The Balaban J connectivity index is 0.00000280. The number of carbonyl (C=O) groups is 1. The molecule has 2 aliphatic rings. The summed E-state index contributed by atoms with van der Waals surface area (Å²) < 4.78 is 5.54. The summed E-state index contributed by atoms with van der Waals surface area (Å²) in [7, 11) is 4.01. The van der Waals surface area contributed by atoms with E-state index < -0.39 is 0 Å². The normalized spacial score (nSPS) is 29.0. The predicted molar refractivity (Wildman–Crippen MR) is 119 cm³/mol. The average Bonchev–Trinajstić information content (AvgIpc) is 2.66. The number of ether oxygens (including phenoxy) is 1. The van der Waals surface area contributed by atoms with Gasteiger partial charge in [0.2, 0.25) is 0 Å². The number of unbranched alkanes of at least 4 members (excludes halogenated alkanes) is 2. The van der Waals surface area contributed by atoms with Crippen molar-refractivity contribution in [2.45, 2.75) is 83.6 Å². The molecule has 3 rings (SSSR count). The van der Waals surface area contributed by atoms with Gasteiger partial charge in [-0.15, -0.1) is 12.4 Å². The molecule has 0 radical (unpaired) electrons. The summed E-state index contributed by atoms with van der Waals surface area (Å²) in [6.07, 6.45) is 8.07. The van der Waals surface area contributed by atoms with Gasteiger partial charge in [-0.3, -0.25) is 4.79 Å². The minimum Gasteiger partial charge on any atom is -0.497 e. The molecule has 4 heteroatoms. The fourth-order valence-corrected chi connectivity index (χ4v) is 5.64. The van der Waals surface area contributed by atoms with Crippen LogP contribution < -0.4 is 4.74 Å². The van der Waals surface area contributed by atoms with Crippen LogP contribution in [0.3, 0.4) is 0 Å². The van der Waals surface area contributed by atoms with E-state index in [1.165, 1.54) is 24.0 Å². The molecule has 0 spiro atoms. The van der Waals surface area contributed by atoms with E-state index in [0.717, 1.165) is 50.8 Å². The van der Waals surface area contributed by atoms with Crippen molar-refractivity contribution >= 4 is 18.2 Å². The third-order valence-electron chi connectivity index (χ3n) is 7.80. The molecule has 28 heavy (non-hydrogen) atoms. The Labute approximate surface area is 177 Å². The van der Waals surface area contributed by atoms with Crippen molar-refractivity contribution in [3.05, 3.63) is 29.3 Å². The fraction of sp³-hybridized carbons (Fsp3) is 0.708. The third-order valence-corrected chi connectivity index (χ3v) is 7.80. The molecule has 1 aromatic carbocycles. The van der Waals surface area contributed by atoms with Crippen LogP contribution in [-0.2, 0) is 16.6 Å². The van der Waals surface area contributed by atoms with Crippen LogP contribution in [0.2, 0.25) is 0 Å². The van der Waals surface area contributed by atoms with Gasteiger partial charge in [-0.1, -0.05) is 39.7 Å². The molecule has 1 aromatic rings. The number of fused-ring (bicyclic) bond motifs is 4. The molecule has 0 amide bonds. The lowest BCUT2D eigenvalue weighted by molar-refractivity contribution is -0.121. The number of Topliss-reactive ketones (excluding diaryl/α,β-unsaturated/α-hetero) is 1. The number of piperidine rings is 1. The van der Waals surface area contributed by atoms with Crippen LogP contribution in [0, 0.1) is 5.41 Å². The van der Waals surface area contributed by atoms with Crippen LogP contribution in [0.5, 0.6) is 5.75 Å². The maximum atomic E-state index is 12.5. The number of hydrogen-bond acceptors (Lipinski definition) is 3. The highest BCUT2D eigenvalue weighted by Crippen LogP contribution is 2.58. The lowest BCUT2D eigenvalue weighted by Gasteiger charge is -2.62. The molecule has 158 valence electrons. The fourth-order valence-electron chi connectivity index (χ4n) is 5.64. The van der Waals surface area contributed by atoms with Crippen molar-refractivity contribution in [3.63, 3.8) is 0 Å². The molecule has 0 N–H and O–H groups in total. The Hall–Kier alpha value is -1.06. The number of carbonyl (C=O) groups excluding carboxylic acids is 1.